The second kappa shape index (κ2) is 10.8. The van der Waals surface area contributed by atoms with Crippen LogP contribution in [0.4, 0.5) is 0 Å². The van der Waals surface area contributed by atoms with Crippen LogP contribution in [0.25, 0.3) is 6.08 Å². The summed E-state index contributed by atoms with van der Waals surface area (Å²) in [5, 5.41) is 8.25. The van der Waals surface area contributed by atoms with E-state index in [1.54, 1.807) is 6.08 Å². The molecule has 0 saturated carbocycles. The van der Waals surface area contributed by atoms with Crippen molar-refractivity contribution in [2.75, 3.05) is 32.7 Å². The van der Waals surface area contributed by atoms with Crippen LogP contribution in [-0.4, -0.2) is 70.2 Å². The number of halogens is 1. The molecular weight excluding hydrogens is 426 g/mol. The van der Waals surface area contributed by atoms with Crippen molar-refractivity contribution in [3.63, 3.8) is 0 Å². The lowest BCUT2D eigenvalue weighted by molar-refractivity contribution is -0.128. The maximum atomic E-state index is 12.7. The van der Waals surface area contributed by atoms with Crippen LogP contribution in [0.1, 0.15) is 36.4 Å². The van der Waals surface area contributed by atoms with E-state index in [1.165, 1.54) is 0 Å². The monoisotopic (exact) mass is 457 g/mol. The van der Waals surface area contributed by atoms with E-state index in [-0.39, 0.29) is 17.9 Å². The van der Waals surface area contributed by atoms with E-state index in [2.05, 4.69) is 15.3 Å². The number of aryl methyl sites for hydroxylation is 1. The fourth-order valence-electron chi connectivity index (χ4n) is 3.85. The Bertz CT molecular complexity index is 990. The minimum atomic E-state index is -0.0195. The average molecular weight is 458 g/mol. The van der Waals surface area contributed by atoms with E-state index < -0.39 is 0 Å². The summed E-state index contributed by atoms with van der Waals surface area (Å²) in [6.07, 6.45) is 3.48. The van der Waals surface area contributed by atoms with Gasteiger partial charge in [0.15, 0.2) is 0 Å². The first-order valence-electron chi connectivity index (χ1n) is 11.0. The molecule has 32 heavy (non-hydrogen) atoms. The topological polar surface area (TPSA) is 70.5 Å². The maximum absolute atomic E-state index is 12.7. The van der Waals surface area contributed by atoms with E-state index in [0.29, 0.717) is 44.3 Å². The smallest absolute Gasteiger partial charge is 0.246 e. The molecule has 1 aromatic carbocycles. The van der Waals surface area contributed by atoms with Gasteiger partial charge in [-0.15, -0.1) is 0 Å². The van der Waals surface area contributed by atoms with Gasteiger partial charge >= 0.3 is 0 Å². The minimum absolute atomic E-state index is 0.0195. The highest BCUT2D eigenvalue weighted by Gasteiger charge is 2.21. The van der Waals surface area contributed by atoms with Crippen molar-refractivity contribution in [1.82, 2.24) is 24.9 Å². The van der Waals surface area contributed by atoms with Crippen LogP contribution in [0.15, 0.2) is 30.3 Å². The minimum Gasteiger partial charge on any atom is -0.353 e. The van der Waals surface area contributed by atoms with Gasteiger partial charge in [-0.05, 0) is 45.4 Å². The number of nitrogens with zero attached hydrogens (tertiary/aromatic N) is 4. The average Bonchev–Trinajstić information content (AvgIpc) is 3.00. The van der Waals surface area contributed by atoms with Gasteiger partial charge in [0.2, 0.25) is 11.8 Å². The third-order valence-corrected chi connectivity index (χ3v) is 5.98. The Morgan fingerprint density at radius 1 is 1.16 bits per heavy atom. The molecule has 1 N–H and O–H groups in total. The zero-order valence-electron chi connectivity index (χ0n) is 19.3. The Labute approximate surface area is 195 Å². The molecule has 8 heteroatoms. The summed E-state index contributed by atoms with van der Waals surface area (Å²) in [5.74, 6) is 0.00774. The molecule has 0 atom stereocenters. The fraction of sp³-hybridized carbons (Fsp3) is 0.458. The van der Waals surface area contributed by atoms with Crippen LogP contribution in [0, 0.1) is 13.8 Å². The van der Waals surface area contributed by atoms with Crippen LogP contribution in [0.2, 0.25) is 5.02 Å². The second-order valence-electron chi connectivity index (χ2n) is 8.49. The lowest BCUT2D eigenvalue weighted by Crippen LogP contribution is -2.51. The number of carbonyl (C=O) groups excluding carboxylic acids is 2. The SMILES string of the molecule is Cc1nn(Cc2ccccc2Cl)c(C)c1/C=C/C(=O)N1CCN(CC(=O)NC(C)C)CC1. The Morgan fingerprint density at radius 3 is 2.50 bits per heavy atom. The summed E-state index contributed by atoms with van der Waals surface area (Å²) in [6, 6.07) is 7.87. The van der Waals surface area contributed by atoms with Gasteiger partial charge in [0, 0.05) is 54.6 Å². The van der Waals surface area contributed by atoms with E-state index in [4.69, 9.17) is 11.6 Å². The lowest BCUT2D eigenvalue weighted by Gasteiger charge is -2.33. The molecule has 2 amide bonds. The van der Waals surface area contributed by atoms with Crippen LogP contribution >= 0.6 is 11.6 Å². The predicted molar refractivity (Wildman–Crippen MR) is 128 cm³/mol. The molecule has 1 aliphatic heterocycles. The molecule has 2 aromatic rings. The lowest BCUT2D eigenvalue weighted by atomic mass is 10.1. The van der Waals surface area contributed by atoms with Crippen molar-refractivity contribution in [2.45, 2.75) is 40.3 Å². The number of amides is 2. The molecule has 172 valence electrons. The van der Waals surface area contributed by atoms with E-state index in [9.17, 15) is 9.59 Å². The summed E-state index contributed by atoms with van der Waals surface area (Å²) in [4.78, 5) is 28.6. The molecular formula is C24H32ClN5O2. The van der Waals surface area contributed by atoms with Gasteiger partial charge in [-0.2, -0.15) is 5.10 Å². The molecule has 1 saturated heterocycles. The number of hydrogen-bond donors (Lipinski definition) is 1. The van der Waals surface area contributed by atoms with Gasteiger partial charge in [0.25, 0.3) is 0 Å². The standard InChI is InChI=1S/C24H32ClN5O2/c1-17(2)26-23(31)16-28-11-13-29(14-12-28)24(32)10-9-21-18(3)27-30(19(21)4)15-20-7-5-6-8-22(20)25/h5-10,17H,11-16H2,1-4H3,(H,26,31)/b10-9+. The highest BCUT2D eigenvalue weighted by Crippen LogP contribution is 2.20. The predicted octanol–water partition coefficient (Wildman–Crippen LogP) is 2.88. The van der Waals surface area contributed by atoms with Gasteiger partial charge < -0.3 is 10.2 Å². The number of rotatable bonds is 7. The molecule has 0 bridgehead atoms. The first kappa shape index (κ1) is 24.0. The Hall–Kier alpha value is -2.64. The fourth-order valence-corrected chi connectivity index (χ4v) is 4.05. The van der Waals surface area contributed by atoms with Crippen molar-refractivity contribution in [2.24, 2.45) is 0 Å². The summed E-state index contributed by atoms with van der Waals surface area (Å²) >= 11 is 6.29. The zero-order chi connectivity index (χ0) is 23.3. The molecule has 1 aromatic heterocycles. The number of aromatic nitrogens is 2. The van der Waals surface area contributed by atoms with Crippen molar-refractivity contribution in [3.8, 4) is 0 Å². The quantitative estimate of drug-likeness (QED) is 0.649. The maximum Gasteiger partial charge on any atom is 0.246 e. The zero-order valence-corrected chi connectivity index (χ0v) is 20.0. The second-order valence-corrected chi connectivity index (χ2v) is 8.90. The number of nitrogens with one attached hydrogen (secondary N) is 1. The van der Waals surface area contributed by atoms with Crippen LogP contribution in [0.5, 0.6) is 0 Å². The van der Waals surface area contributed by atoms with Gasteiger partial charge in [0.1, 0.15) is 0 Å². The van der Waals surface area contributed by atoms with Gasteiger partial charge in [0.05, 0.1) is 18.8 Å². The molecule has 7 nitrogen and oxygen atoms in total. The molecule has 1 aliphatic rings. The summed E-state index contributed by atoms with van der Waals surface area (Å²) < 4.78 is 1.92. The summed E-state index contributed by atoms with van der Waals surface area (Å²) in [5.41, 5.74) is 3.83. The highest BCUT2D eigenvalue weighted by molar-refractivity contribution is 6.31. The highest BCUT2D eigenvalue weighted by atomic mass is 35.5. The van der Waals surface area contributed by atoms with Crippen molar-refractivity contribution in [1.29, 1.82) is 0 Å². The number of piperazine rings is 1. The Morgan fingerprint density at radius 2 is 1.84 bits per heavy atom. The largest absolute Gasteiger partial charge is 0.353 e. The third-order valence-electron chi connectivity index (χ3n) is 5.61. The van der Waals surface area contributed by atoms with Crippen LogP contribution < -0.4 is 5.32 Å². The van der Waals surface area contributed by atoms with E-state index in [1.807, 2.05) is 67.6 Å². The van der Waals surface area contributed by atoms with Crippen LogP contribution in [0.3, 0.4) is 0 Å². The van der Waals surface area contributed by atoms with Crippen molar-refractivity contribution in [3.05, 3.63) is 57.9 Å². The summed E-state index contributed by atoms with van der Waals surface area (Å²) in [6.45, 7) is 11.4. The molecule has 0 unspecified atom stereocenters. The van der Waals surface area contributed by atoms with E-state index in [0.717, 1.165) is 22.5 Å². The molecule has 0 aliphatic carbocycles. The number of benzene rings is 1. The molecule has 2 heterocycles. The van der Waals surface area contributed by atoms with Crippen molar-refractivity contribution >= 4 is 29.5 Å². The Kier molecular flexibility index (Phi) is 8.10. The van der Waals surface area contributed by atoms with Gasteiger partial charge in [-0.3, -0.25) is 19.2 Å². The summed E-state index contributed by atoms with van der Waals surface area (Å²) in [7, 11) is 0. The molecule has 1 fully saturated rings. The number of carbonyl (C=O) groups is 2. The normalized spacial score (nSPS) is 15.0. The molecule has 3 rings (SSSR count). The van der Waals surface area contributed by atoms with Crippen molar-refractivity contribution < 1.29 is 9.59 Å². The first-order chi connectivity index (χ1) is 15.2. The third kappa shape index (κ3) is 6.20. The van der Waals surface area contributed by atoms with Gasteiger partial charge in [-0.25, -0.2) is 0 Å². The van der Waals surface area contributed by atoms with Gasteiger partial charge in [-0.1, -0.05) is 29.8 Å². The Balaban J connectivity index is 1.57. The molecule has 0 radical (unpaired) electrons. The first-order valence-corrected chi connectivity index (χ1v) is 11.4. The number of hydrogen-bond acceptors (Lipinski definition) is 4. The van der Waals surface area contributed by atoms with Crippen LogP contribution in [-0.2, 0) is 16.1 Å². The van der Waals surface area contributed by atoms with E-state index >= 15 is 0 Å². The molecule has 0 spiro atoms.